The maximum absolute atomic E-state index is 13.4. The van der Waals surface area contributed by atoms with E-state index >= 15 is 0 Å². The average Bonchev–Trinajstić information content (AvgIpc) is 2.46. The van der Waals surface area contributed by atoms with Crippen molar-refractivity contribution in [1.29, 1.82) is 0 Å². The highest BCUT2D eigenvalue weighted by molar-refractivity contribution is 6.31. The molecule has 0 aromatic heterocycles. The van der Waals surface area contributed by atoms with E-state index in [-0.39, 0.29) is 17.8 Å². The summed E-state index contributed by atoms with van der Waals surface area (Å²) in [5, 5.41) is 3.39. The molecule has 4 heteroatoms. The highest BCUT2D eigenvalue weighted by Gasteiger charge is 2.10. The number of hydrogen-bond donors (Lipinski definition) is 1. The second-order valence-electron chi connectivity index (χ2n) is 4.61. The molecule has 1 N–H and O–H groups in total. The van der Waals surface area contributed by atoms with Gasteiger partial charge in [-0.15, -0.1) is 0 Å². The summed E-state index contributed by atoms with van der Waals surface area (Å²) in [4.78, 5) is 11.9. The molecule has 1 unspecified atom stereocenters. The van der Waals surface area contributed by atoms with Crippen molar-refractivity contribution >= 4 is 23.6 Å². The normalized spacial score (nSPS) is 12.3. The van der Waals surface area contributed by atoms with Crippen molar-refractivity contribution in [3.63, 3.8) is 0 Å². The second-order valence-corrected chi connectivity index (χ2v) is 5.01. The molecule has 0 radical (unpaired) electrons. The van der Waals surface area contributed by atoms with E-state index in [0.29, 0.717) is 10.6 Å². The summed E-state index contributed by atoms with van der Waals surface area (Å²) < 4.78 is 13.4. The Balaban J connectivity index is 2.02. The van der Waals surface area contributed by atoms with Crippen molar-refractivity contribution in [3.05, 3.63) is 76.6 Å². The van der Waals surface area contributed by atoms with E-state index in [1.807, 2.05) is 25.1 Å². The van der Waals surface area contributed by atoms with E-state index in [4.69, 9.17) is 11.6 Å². The van der Waals surface area contributed by atoms with Crippen LogP contribution in [-0.2, 0) is 4.79 Å². The van der Waals surface area contributed by atoms with Gasteiger partial charge in [0.25, 0.3) is 0 Å². The number of carbonyl (C=O) groups is 1. The molecular weight excluding hydrogens is 289 g/mol. The van der Waals surface area contributed by atoms with Crippen LogP contribution in [0.3, 0.4) is 0 Å². The minimum absolute atomic E-state index is 0.225. The number of halogens is 2. The van der Waals surface area contributed by atoms with Gasteiger partial charge in [-0.3, -0.25) is 4.79 Å². The fourth-order valence-electron chi connectivity index (χ4n) is 1.94. The molecule has 0 saturated heterocycles. The number of hydrogen-bond acceptors (Lipinski definition) is 1. The molecule has 0 saturated carbocycles. The van der Waals surface area contributed by atoms with Crippen molar-refractivity contribution in [2.75, 3.05) is 0 Å². The second kappa shape index (κ2) is 7.04. The zero-order valence-electron chi connectivity index (χ0n) is 11.5. The van der Waals surface area contributed by atoms with Crippen LogP contribution in [-0.4, -0.2) is 5.91 Å². The van der Waals surface area contributed by atoms with Gasteiger partial charge in [0.05, 0.1) is 6.04 Å². The zero-order chi connectivity index (χ0) is 15.2. The van der Waals surface area contributed by atoms with Crippen LogP contribution >= 0.6 is 11.6 Å². The molecule has 0 fully saturated rings. The molecule has 0 heterocycles. The minimum Gasteiger partial charge on any atom is -0.346 e. The topological polar surface area (TPSA) is 29.1 Å². The van der Waals surface area contributed by atoms with Gasteiger partial charge in [0.2, 0.25) is 5.91 Å². The quantitative estimate of drug-likeness (QED) is 0.835. The Morgan fingerprint density at radius 1 is 1.19 bits per heavy atom. The van der Waals surface area contributed by atoms with Crippen molar-refractivity contribution in [2.45, 2.75) is 13.0 Å². The molecular formula is C17H15ClFNO. The molecule has 0 bridgehead atoms. The third-order valence-corrected chi connectivity index (χ3v) is 3.39. The van der Waals surface area contributed by atoms with Crippen LogP contribution in [0.2, 0.25) is 5.02 Å². The molecule has 0 spiro atoms. The van der Waals surface area contributed by atoms with E-state index in [0.717, 1.165) is 5.56 Å². The Morgan fingerprint density at radius 2 is 1.86 bits per heavy atom. The summed E-state index contributed by atoms with van der Waals surface area (Å²) in [6, 6.07) is 13.4. The van der Waals surface area contributed by atoms with Crippen molar-refractivity contribution in [3.8, 4) is 0 Å². The fourth-order valence-corrected chi connectivity index (χ4v) is 2.24. The molecule has 0 aliphatic heterocycles. The Morgan fingerprint density at radius 3 is 2.57 bits per heavy atom. The number of benzene rings is 2. The van der Waals surface area contributed by atoms with Crippen LogP contribution in [0.15, 0.2) is 54.6 Å². The van der Waals surface area contributed by atoms with Crippen LogP contribution in [0.1, 0.15) is 24.1 Å². The van der Waals surface area contributed by atoms with E-state index in [2.05, 4.69) is 5.32 Å². The van der Waals surface area contributed by atoms with Gasteiger partial charge in [0.1, 0.15) is 5.82 Å². The third-order valence-electron chi connectivity index (χ3n) is 3.05. The maximum atomic E-state index is 13.4. The van der Waals surface area contributed by atoms with E-state index in [1.165, 1.54) is 18.2 Å². The molecule has 2 aromatic carbocycles. The first-order chi connectivity index (χ1) is 10.1. The Bertz CT molecular complexity index is 669. The molecule has 1 atom stereocenters. The monoisotopic (exact) mass is 303 g/mol. The average molecular weight is 304 g/mol. The number of carbonyl (C=O) groups excluding carboxylic acids is 1. The van der Waals surface area contributed by atoms with Crippen LogP contribution in [0, 0.1) is 5.82 Å². The largest absolute Gasteiger partial charge is 0.346 e. The maximum Gasteiger partial charge on any atom is 0.244 e. The van der Waals surface area contributed by atoms with Crippen LogP contribution in [0.4, 0.5) is 4.39 Å². The van der Waals surface area contributed by atoms with Gasteiger partial charge in [0.15, 0.2) is 0 Å². The first-order valence-electron chi connectivity index (χ1n) is 6.55. The van der Waals surface area contributed by atoms with Crippen molar-refractivity contribution in [1.82, 2.24) is 5.32 Å². The molecule has 0 aliphatic carbocycles. The number of nitrogens with one attached hydrogen (secondary N) is 1. The van der Waals surface area contributed by atoms with Crippen molar-refractivity contribution < 1.29 is 9.18 Å². The Labute approximate surface area is 128 Å². The lowest BCUT2D eigenvalue weighted by atomic mass is 10.1. The van der Waals surface area contributed by atoms with Gasteiger partial charge >= 0.3 is 0 Å². The number of rotatable bonds is 4. The van der Waals surface area contributed by atoms with Crippen LogP contribution in [0.5, 0.6) is 0 Å². The molecule has 2 aromatic rings. The standard InChI is InChI=1S/C17H15ClFNO/c1-12(14-7-3-4-8-15(14)18)20-17(21)11-10-13-6-2-5-9-16(13)19/h2-12H,1H3,(H,20,21)/b11-10+. The van der Waals surface area contributed by atoms with Gasteiger partial charge in [-0.2, -0.15) is 0 Å². The van der Waals surface area contributed by atoms with Crippen LogP contribution in [0.25, 0.3) is 6.08 Å². The summed E-state index contributed by atoms with van der Waals surface area (Å²) in [6.07, 6.45) is 2.76. The molecule has 108 valence electrons. The molecule has 0 aliphatic rings. The van der Waals surface area contributed by atoms with Gasteiger partial charge < -0.3 is 5.32 Å². The predicted octanol–water partition coefficient (Wildman–Crippen LogP) is 4.37. The van der Waals surface area contributed by atoms with Crippen LogP contribution < -0.4 is 5.32 Å². The SMILES string of the molecule is CC(NC(=O)/C=C/c1ccccc1F)c1ccccc1Cl. The van der Waals surface area contributed by atoms with Gasteiger partial charge in [0, 0.05) is 16.7 Å². The van der Waals surface area contributed by atoms with Gasteiger partial charge in [-0.1, -0.05) is 48.0 Å². The zero-order valence-corrected chi connectivity index (χ0v) is 12.3. The Kier molecular flexibility index (Phi) is 5.12. The molecule has 1 amide bonds. The van der Waals surface area contributed by atoms with Gasteiger partial charge in [-0.25, -0.2) is 4.39 Å². The summed E-state index contributed by atoms with van der Waals surface area (Å²) in [6.45, 7) is 1.84. The summed E-state index contributed by atoms with van der Waals surface area (Å²) in [5.41, 5.74) is 1.21. The smallest absolute Gasteiger partial charge is 0.244 e. The van der Waals surface area contributed by atoms with E-state index in [1.54, 1.807) is 24.3 Å². The van der Waals surface area contributed by atoms with E-state index in [9.17, 15) is 9.18 Å². The lowest BCUT2D eigenvalue weighted by molar-refractivity contribution is -0.117. The van der Waals surface area contributed by atoms with Crippen molar-refractivity contribution in [2.24, 2.45) is 0 Å². The summed E-state index contributed by atoms with van der Waals surface area (Å²) >= 11 is 6.08. The lowest BCUT2D eigenvalue weighted by Gasteiger charge is -2.14. The number of amides is 1. The lowest BCUT2D eigenvalue weighted by Crippen LogP contribution is -2.24. The highest BCUT2D eigenvalue weighted by atomic mass is 35.5. The van der Waals surface area contributed by atoms with E-state index < -0.39 is 0 Å². The molecule has 2 rings (SSSR count). The first-order valence-corrected chi connectivity index (χ1v) is 6.93. The summed E-state index contributed by atoms with van der Waals surface area (Å²) in [7, 11) is 0. The molecule has 2 nitrogen and oxygen atoms in total. The molecule has 21 heavy (non-hydrogen) atoms. The van der Waals surface area contributed by atoms with Gasteiger partial charge in [-0.05, 0) is 30.7 Å². The minimum atomic E-state index is -0.360. The first kappa shape index (κ1) is 15.3. The fraction of sp³-hybridized carbons (Fsp3) is 0.118. The summed E-state index contributed by atoms with van der Waals surface area (Å²) in [5.74, 6) is -0.661. The predicted molar refractivity (Wildman–Crippen MR) is 83.4 cm³/mol. The Hall–Kier alpha value is -2.13. The third kappa shape index (κ3) is 4.17. The highest BCUT2D eigenvalue weighted by Crippen LogP contribution is 2.22.